The fraction of sp³-hybridized carbons (Fsp3) is 0.850. The lowest BCUT2D eigenvalue weighted by Crippen LogP contribution is -2.38. The Morgan fingerprint density at radius 2 is 1.93 bits per heavy atom. The van der Waals surface area contributed by atoms with Gasteiger partial charge in [0.25, 0.3) is 0 Å². The van der Waals surface area contributed by atoms with Crippen molar-refractivity contribution in [1.29, 1.82) is 0 Å². The molecule has 2 N–H and O–H groups in total. The number of hydrogen-bond acceptors (Lipinski definition) is 5. The number of guanidine groups is 1. The summed E-state index contributed by atoms with van der Waals surface area (Å²) in [5.74, 6) is 2.57. The molecule has 0 atom stereocenters. The van der Waals surface area contributed by atoms with Crippen LogP contribution >= 0.6 is 11.8 Å². The van der Waals surface area contributed by atoms with E-state index in [1.165, 1.54) is 25.7 Å². The molecule has 1 aromatic rings. The maximum absolute atomic E-state index is 5.61. The minimum Gasteiger partial charge on any atom is -0.381 e. The number of aliphatic imine (C=N–C) groups is 1. The summed E-state index contributed by atoms with van der Waals surface area (Å²) in [5.41, 5.74) is 0. The van der Waals surface area contributed by atoms with Gasteiger partial charge in [0.15, 0.2) is 11.1 Å². The van der Waals surface area contributed by atoms with Gasteiger partial charge >= 0.3 is 0 Å². The fourth-order valence-corrected chi connectivity index (χ4v) is 4.09. The molecule has 7 nitrogen and oxygen atoms in total. The van der Waals surface area contributed by atoms with Gasteiger partial charge in [-0.1, -0.05) is 38.5 Å². The Hall–Kier alpha value is -1.28. The molecule has 28 heavy (non-hydrogen) atoms. The van der Waals surface area contributed by atoms with Crippen LogP contribution in [0.25, 0.3) is 0 Å². The van der Waals surface area contributed by atoms with Gasteiger partial charge in [0, 0.05) is 45.8 Å². The number of aryl methyl sites for hydroxylation is 1. The van der Waals surface area contributed by atoms with Crippen LogP contribution in [0.3, 0.4) is 0 Å². The van der Waals surface area contributed by atoms with Gasteiger partial charge in [-0.3, -0.25) is 4.99 Å². The Kier molecular flexibility index (Phi) is 10.7. The van der Waals surface area contributed by atoms with Crippen molar-refractivity contribution in [2.24, 2.45) is 10.9 Å². The lowest BCUT2D eigenvalue weighted by molar-refractivity contribution is 0.108. The molecule has 160 valence electrons. The second-order valence-electron chi connectivity index (χ2n) is 7.76. The summed E-state index contributed by atoms with van der Waals surface area (Å²) in [6.07, 6.45) is 10.2. The van der Waals surface area contributed by atoms with Gasteiger partial charge in [-0.25, -0.2) is 0 Å². The van der Waals surface area contributed by atoms with Crippen molar-refractivity contribution in [2.45, 2.75) is 70.0 Å². The number of nitrogens with one attached hydrogen (secondary N) is 2. The van der Waals surface area contributed by atoms with Gasteiger partial charge in [0.05, 0.1) is 0 Å². The zero-order valence-corrected chi connectivity index (χ0v) is 18.9. The molecule has 0 saturated heterocycles. The number of aromatic nitrogens is 3. The molecule has 8 heteroatoms. The van der Waals surface area contributed by atoms with E-state index in [0.717, 1.165) is 62.5 Å². The van der Waals surface area contributed by atoms with Crippen LogP contribution in [0.2, 0.25) is 0 Å². The van der Waals surface area contributed by atoms with E-state index in [1.807, 2.05) is 7.05 Å². The van der Waals surface area contributed by atoms with Gasteiger partial charge in [-0.15, -0.1) is 10.2 Å². The van der Waals surface area contributed by atoms with Crippen molar-refractivity contribution < 1.29 is 4.74 Å². The number of hydrogen-bond donors (Lipinski definition) is 2. The van der Waals surface area contributed by atoms with Crippen LogP contribution in [0.15, 0.2) is 10.1 Å². The van der Waals surface area contributed by atoms with Crippen LogP contribution in [-0.4, -0.2) is 60.3 Å². The van der Waals surface area contributed by atoms with E-state index in [2.05, 4.69) is 50.5 Å². The molecule has 0 amide bonds. The van der Waals surface area contributed by atoms with Crippen LogP contribution < -0.4 is 10.6 Å². The molecule has 0 aliphatic heterocycles. The predicted octanol–water partition coefficient (Wildman–Crippen LogP) is 3.28. The zero-order chi connectivity index (χ0) is 20.2. The average molecular weight is 411 g/mol. The fourth-order valence-electron chi connectivity index (χ4n) is 3.52. The summed E-state index contributed by atoms with van der Waals surface area (Å²) in [7, 11) is 1.81. The third kappa shape index (κ3) is 7.62. The van der Waals surface area contributed by atoms with E-state index in [4.69, 9.17) is 4.74 Å². The highest BCUT2D eigenvalue weighted by molar-refractivity contribution is 7.98. The topological polar surface area (TPSA) is 76.4 Å². The van der Waals surface area contributed by atoms with Gasteiger partial charge in [-0.05, 0) is 37.9 Å². The molecule has 2 rings (SSSR count). The Morgan fingerprint density at radius 1 is 1.21 bits per heavy atom. The maximum atomic E-state index is 5.61. The monoisotopic (exact) mass is 410 g/mol. The molecular weight excluding hydrogens is 372 g/mol. The first-order chi connectivity index (χ1) is 13.7. The molecule has 1 aliphatic carbocycles. The second-order valence-corrected chi connectivity index (χ2v) is 8.54. The van der Waals surface area contributed by atoms with E-state index in [-0.39, 0.29) is 0 Å². The van der Waals surface area contributed by atoms with E-state index >= 15 is 0 Å². The van der Waals surface area contributed by atoms with E-state index < -0.39 is 0 Å². The molecular formula is C20H38N6OS. The lowest BCUT2D eigenvalue weighted by Gasteiger charge is -2.16. The normalized spacial score (nSPS) is 15.5. The van der Waals surface area contributed by atoms with Crippen molar-refractivity contribution in [3.05, 3.63) is 5.82 Å². The Morgan fingerprint density at radius 3 is 2.57 bits per heavy atom. The summed E-state index contributed by atoms with van der Waals surface area (Å²) in [6.45, 7) is 7.69. The first-order valence-electron chi connectivity index (χ1n) is 10.7. The standard InChI is InChI=1S/C20H38N6OS/c1-16(2)15-27-14-8-13-23-19(21-3)22-12-7-11-18-24-25-20(28-4)26(18)17-9-5-6-10-17/h16-17H,5-15H2,1-4H3,(H2,21,22,23). The number of rotatable bonds is 12. The molecule has 1 fully saturated rings. The van der Waals surface area contributed by atoms with Crippen LogP contribution in [-0.2, 0) is 11.2 Å². The van der Waals surface area contributed by atoms with Gasteiger partial charge in [0.1, 0.15) is 5.82 Å². The highest BCUT2D eigenvalue weighted by Gasteiger charge is 2.23. The Labute approximate surface area is 174 Å². The first-order valence-corrected chi connectivity index (χ1v) is 11.9. The predicted molar refractivity (Wildman–Crippen MR) is 117 cm³/mol. The van der Waals surface area contributed by atoms with Crippen molar-refractivity contribution in [2.75, 3.05) is 39.6 Å². The summed E-state index contributed by atoms with van der Waals surface area (Å²) in [6, 6.07) is 0.591. The number of nitrogens with zero attached hydrogens (tertiary/aromatic N) is 4. The van der Waals surface area contributed by atoms with Crippen LogP contribution in [0.1, 0.15) is 64.2 Å². The third-order valence-electron chi connectivity index (χ3n) is 4.91. The summed E-state index contributed by atoms with van der Waals surface area (Å²) >= 11 is 1.70. The van der Waals surface area contributed by atoms with Crippen molar-refractivity contribution in [1.82, 2.24) is 25.4 Å². The van der Waals surface area contributed by atoms with Gasteiger partial charge in [0.2, 0.25) is 0 Å². The lowest BCUT2D eigenvalue weighted by atomic mass is 10.2. The summed E-state index contributed by atoms with van der Waals surface area (Å²) < 4.78 is 8.00. The third-order valence-corrected chi connectivity index (χ3v) is 5.55. The Bertz CT molecular complexity index is 583. The zero-order valence-electron chi connectivity index (χ0n) is 18.0. The van der Waals surface area contributed by atoms with Gasteiger partial charge < -0.3 is 19.9 Å². The molecule has 1 aromatic heterocycles. The largest absolute Gasteiger partial charge is 0.381 e. The van der Waals surface area contributed by atoms with Crippen molar-refractivity contribution in [3.8, 4) is 0 Å². The van der Waals surface area contributed by atoms with E-state index in [9.17, 15) is 0 Å². The SMILES string of the molecule is CN=C(NCCCOCC(C)C)NCCCc1nnc(SC)n1C1CCCC1. The van der Waals surface area contributed by atoms with Crippen LogP contribution in [0.5, 0.6) is 0 Å². The average Bonchev–Trinajstić information content (AvgIpc) is 3.34. The molecule has 1 heterocycles. The molecule has 0 aromatic carbocycles. The Balaban J connectivity index is 1.67. The quantitative estimate of drug-likeness (QED) is 0.238. The number of ether oxygens (including phenoxy) is 1. The van der Waals surface area contributed by atoms with Gasteiger partial charge in [-0.2, -0.15) is 0 Å². The molecule has 0 unspecified atom stereocenters. The van der Waals surface area contributed by atoms with Crippen molar-refractivity contribution >= 4 is 17.7 Å². The molecule has 0 bridgehead atoms. The molecule has 0 radical (unpaired) electrons. The molecule has 1 saturated carbocycles. The summed E-state index contributed by atoms with van der Waals surface area (Å²) in [4.78, 5) is 4.29. The van der Waals surface area contributed by atoms with E-state index in [1.54, 1.807) is 11.8 Å². The smallest absolute Gasteiger partial charge is 0.191 e. The van der Waals surface area contributed by atoms with E-state index in [0.29, 0.717) is 12.0 Å². The minimum atomic E-state index is 0.591. The second kappa shape index (κ2) is 13.0. The maximum Gasteiger partial charge on any atom is 0.191 e. The highest BCUT2D eigenvalue weighted by atomic mass is 32.2. The molecule has 1 aliphatic rings. The number of thioether (sulfide) groups is 1. The van der Waals surface area contributed by atoms with Crippen molar-refractivity contribution in [3.63, 3.8) is 0 Å². The highest BCUT2D eigenvalue weighted by Crippen LogP contribution is 2.33. The van der Waals surface area contributed by atoms with Crippen LogP contribution in [0.4, 0.5) is 0 Å². The van der Waals surface area contributed by atoms with Crippen LogP contribution in [0, 0.1) is 5.92 Å². The summed E-state index contributed by atoms with van der Waals surface area (Å²) in [5, 5.41) is 16.7. The molecule has 0 spiro atoms. The minimum absolute atomic E-state index is 0.591. The first kappa shape index (κ1) is 23.0.